The third-order valence-corrected chi connectivity index (χ3v) is 3.04. The first-order valence-corrected chi connectivity index (χ1v) is 6.40. The summed E-state index contributed by atoms with van der Waals surface area (Å²) < 4.78 is 13.6. The molecule has 0 aromatic carbocycles. The molecule has 2 N–H and O–H groups in total. The fourth-order valence-corrected chi connectivity index (χ4v) is 2.19. The molecule has 1 unspecified atom stereocenters. The van der Waals surface area contributed by atoms with E-state index in [-0.39, 0.29) is 6.04 Å². The fraction of sp³-hybridized carbons (Fsp3) is 0.667. The minimum atomic E-state index is -0.398. The molecule has 0 spiro atoms. The van der Waals surface area contributed by atoms with Gasteiger partial charge in [-0.1, -0.05) is 0 Å². The van der Waals surface area contributed by atoms with E-state index in [0.29, 0.717) is 11.8 Å². The molecule has 18 heavy (non-hydrogen) atoms. The molecule has 0 amide bonds. The van der Waals surface area contributed by atoms with Gasteiger partial charge in [-0.15, -0.1) is 0 Å². The van der Waals surface area contributed by atoms with E-state index in [4.69, 9.17) is 0 Å². The maximum Gasteiger partial charge on any atom is 0.224 e. The molecule has 1 saturated heterocycles. The molecule has 0 bridgehead atoms. The van der Waals surface area contributed by atoms with Gasteiger partial charge in [-0.2, -0.15) is 4.98 Å². The van der Waals surface area contributed by atoms with Gasteiger partial charge in [0.1, 0.15) is 0 Å². The van der Waals surface area contributed by atoms with Gasteiger partial charge in [0, 0.05) is 19.1 Å². The molecule has 1 atom stereocenters. The maximum atomic E-state index is 13.6. The fourth-order valence-electron chi connectivity index (χ4n) is 2.19. The molecule has 2 heterocycles. The Labute approximate surface area is 107 Å². The summed E-state index contributed by atoms with van der Waals surface area (Å²) in [5.41, 5.74) is 0. The molecular formula is C12H20FN5. The quantitative estimate of drug-likeness (QED) is 0.852. The minimum Gasteiger partial charge on any atom is -0.363 e. The first kappa shape index (κ1) is 13.0. The van der Waals surface area contributed by atoms with E-state index in [2.05, 4.69) is 32.5 Å². The van der Waals surface area contributed by atoms with Crippen LogP contribution in [0.4, 0.5) is 16.2 Å². The molecule has 5 nitrogen and oxygen atoms in total. The number of hydrogen-bond acceptors (Lipinski definition) is 5. The van der Waals surface area contributed by atoms with Crippen molar-refractivity contribution in [1.82, 2.24) is 14.9 Å². The summed E-state index contributed by atoms with van der Waals surface area (Å²) in [6.07, 6.45) is 3.38. The van der Waals surface area contributed by atoms with E-state index < -0.39 is 5.82 Å². The van der Waals surface area contributed by atoms with Crippen molar-refractivity contribution in [1.29, 1.82) is 0 Å². The van der Waals surface area contributed by atoms with Crippen LogP contribution in [0.5, 0.6) is 0 Å². The van der Waals surface area contributed by atoms with Crippen molar-refractivity contribution in [2.24, 2.45) is 0 Å². The standard InChI is InChI=1S/C12H20FN5/c1-3-14-12-15-7-10(13)11(17-12)16-9-5-4-6-18(2)8-9/h7,9H,3-6,8H2,1-2H3,(H2,14,15,16,17). The zero-order valence-electron chi connectivity index (χ0n) is 10.9. The SMILES string of the molecule is CCNc1ncc(F)c(NC2CCCN(C)C2)n1. The second-order valence-corrected chi connectivity index (χ2v) is 4.67. The predicted octanol–water partition coefficient (Wildman–Crippen LogP) is 1.55. The van der Waals surface area contributed by atoms with Gasteiger partial charge in [-0.3, -0.25) is 0 Å². The van der Waals surface area contributed by atoms with Crippen molar-refractivity contribution >= 4 is 11.8 Å². The van der Waals surface area contributed by atoms with Crippen LogP contribution in [0, 0.1) is 5.82 Å². The van der Waals surface area contributed by atoms with E-state index >= 15 is 0 Å². The number of likely N-dealkylation sites (N-methyl/N-ethyl adjacent to an activating group) is 1. The molecule has 0 radical (unpaired) electrons. The number of piperidine rings is 1. The van der Waals surface area contributed by atoms with Crippen LogP contribution >= 0.6 is 0 Å². The van der Waals surface area contributed by atoms with Gasteiger partial charge in [-0.25, -0.2) is 9.37 Å². The van der Waals surface area contributed by atoms with Gasteiger partial charge in [0.05, 0.1) is 6.20 Å². The van der Waals surface area contributed by atoms with Gasteiger partial charge in [0.2, 0.25) is 5.95 Å². The van der Waals surface area contributed by atoms with Gasteiger partial charge < -0.3 is 15.5 Å². The second kappa shape index (κ2) is 5.95. The van der Waals surface area contributed by atoms with Crippen LogP contribution in [0.1, 0.15) is 19.8 Å². The minimum absolute atomic E-state index is 0.252. The third-order valence-electron chi connectivity index (χ3n) is 3.04. The Hall–Kier alpha value is -1.43. The molecule has 1 aliphatic rings. The third kappa shape index (κ3) is 3.29. The molecule has 1 aliphatic heterocycles. The van der Waals surface area contributed by atoms with Crippen molar-refractivity contribution in [3.8, 4) is 0 Å². The van der Waals surface area contributed by atoms with Crippen molar-refractivity contribution in [2.45, 2.75) is 25.8 Å². The summed E-state index contributed by atoms with van der Waals surface area (Å²) in [6.45, 7) is 4.69. The van der Waals surface area contributed by atoms with Crippen LogP contribution in [-0.2, 0) is 0 Å². The summed E-state index contributed by atoms with van der Waals surface area (Å²) >= 11 is 0. The molecule has 1 aromatic heterocycles. The van der Waals surface area contributed by atoms with Crippen molar-refractivity contribution < 1.29 is 4.39 Å². The summed E-state index contributed by atoms with van der Waals surface area (Å²) in [4.78, 5) is 10.3. The monoisotopic (exact) mass is 253 g/mol. The Balaban J connectivity index is 2.05. The zero-order chi connectivity index (χ0) is 13.0. The molecule has 0 saturated carbocycles. The maximum absolute atomic E-state index is 13.6. The van der Waals surface area contributed by atoms with Gasteiger partial charge in [-0.05, 0) is 33.4 Å². The number of rotatable bonds is 4. The summed E-state index contributed by atoms with van der Waals surface area (Å²) in [5.74, 6) is 0.358. The number of likely N-dealkylation sites (tertiary alicyclic amines) is 1. The Morgan fingerprint density at radius 3 is 3.11 bits per heavy atom. The van der Waals surface area contributed by atoms with Crippen molar-refractivity contribution in [3.05, 3.63) is 12.0 Å². The Bertz CT molecular complexity index is 398. The van der Waals surface area contributed by atoms with Crippen LogP contribution in [-0.4, -0.2) is 47.6 Å². The van der Waals surface area contributed by atoms with Crippen molar-refractivity contribution in [3.63, 3.8) is 0 Å². The molecule has 2 rings (SSSR count). The zero-order valence-corrected chi connectivity index (χ0v) is 10.9. The number of nitrogens with zero attached hydrogens (tertiary/aromatic N) is 3. The number of aromatic nitrogens is 2. The summed E-state index contributed by atoms with van der Waals surface area (Å²) in [5, 5.41) is 6.15. The van der Waals surface area contributed by atoms with E-state index in [0.717, 1.165) is 32.5 Å². The van der Waals surface area contributed by atoms with Gasteiger partial charge >= 0.3 is 0 Å². The Morgan fingerprint density at radius 1 is 1.56 bits per heavy atom. The molecular weight excluding hydrogens is 233 g/mol. The second-order valence-electron chi connectivity index (χ2n) is 4.67. The lowest BCUT2D eigenvalue weighted by Gasteiger charge is -2.30. The van der Waals surface area contributed by atoms with E-state index in [1.54, 1.807) is 0 Å². The smallest absolute Gasteiger partial charge is 0.224 e. The van der Waals surface area contributed by atoms with Gasteiger partial charge in [0.15, 0.2) is 11.6 Å². The number of nitrogens with one attached hydrogen (secondary N) is 2. The lowest BCUT2D eigenvalue weighted by Crippen LogP contribution is -2.40. The van der Waals surface area contributed by atoms with Crippen LogP contribution in [0.15, 0.2) is 6.20 Å². The highest BCUT2D eigenvalue weighted by Gasteiger charge is 2.19. The van der Waals surface area contributed by atoms with Crippen LogP contribution in [0.3, 0.4) is 0 Å². The molecule has 1 aromatic rings. The first-order valence-electron chi connectivity index (χ1n) is 6.40. The van der Waals surface area contributed by atoms with Crippen LogP contribution in [0.2, 0.25) is 0 Å². The topological polar surface area (TPSA) is 53.1 Å². The molecule has 100 valence electrons. The van der Waals surface area contributed by atoms with Crippen molar-refractivity contribution in [2.75, 3.05) is 37.3 Å². The lowest BCUT2D eigenvalue weighted by molar-refractivity contribution is 0.260. The average Bonchev–Trinajstić information content (AvgIpc) is 2.34. The molecule has 0 aliphatic carbocycles. The number of anilines is 2. The van der Waals surface area contributed by atoms with E-state index in [1.807, 2.05) is 6.92 Å². The Kier molecular flexibility index (Phi) is 4.30. The van der Waals surface area contributed by atoms with E-state index in [1.165, 1.54) is 6.20 Å². The number of hydrogen-bond donors (Lipinski definition) is 2. The highest BCUT2D eigenvalue weighted by atomic mass is 19.1. The summed E-state index contributed by atoms with van der Waals surface area (Å²) in [6, 6.07) is 0.252. The predicted molar refractivity (Wildman–Crippen MR) is 70.3 cm³/mol. The average molecular weight is 253 g/mol. The lowest BCUT2D eigenvalue weighted by atomic mass is 10.1. The number of halogens is 1. The largest absolute Gasteiger partial charge is 0.363 e. The Morgan fingerprint density at radius 2 is 2.39 bits per heavy atom. The van der Waals surface area contributed by atoms with Crippen LogP contribution < -0.4 is 10.6 Å². The highest BCUT2D eigenvalue weighted by Crippen LogP contribution is 2.17. The molecule has 6 heteroatoms. The van der Waals surface area contributed by atoms with Gasteiger partial charge in [0.25, 0.3) is 0 Å². The molecule has 1 fully saturated rings. The highest BCUT2D eigenvalue weighted by molar-refractivity contribution is 5.42. The van der Waals surface area contributed by atoms with Crippen LogP contribution in [0.25, 0.3) is 0 Å². The normalized spacial score (nSPS) is 20.7. The van der Waals surface area contributed by atoms with E-state index in [9.17, 15) is 4.39 Å². The summed E-state index contributed by atoms with van der Waals surface area (Å²) in [7, 11) is 2.08. The first-order chi connectivity index (χ1) is 8.69.